The summed E-state index contributed by atoms with van der Waals surface area (Å²) in [6.45, 7) is 2.78. The number of hydrogen-bond acceptors (Lipinski definition) is 5. The molecular weight excluding hydrogens is 496 g/mol. The van der Waals surface area contributed by atoms with Gasteiger partial charge in [0.25, 0.3) is 0 Å². The van der Waals surface area contributed by atoms with Crippen molar-refractivity contribution in [2.24, 2.45) is 0 Å². The fraction of sp³-hybridized carbons (Fsp3) is 0.364. The van der Waals surface area contributed by atoms with Crippen molar-refractivity contribution in [1.29, 1.82) is 0 Å². The summed E-state index contributed by atoms with van der Waals surface area (Å²) in [5.41, 5.74) is 1.11. The van der Waals surface area contributed by atoms with E-state index in [-0.39, 0.29) is 30.3 Å². The molecule has 170 valence electrons. The minimum absolute atomic E-state index is 0.101. The topological polar surface area (TPSA) is 90.0 Å². The molecule has 2 amide bonds. The van der Waals surface area contributed by atoms with Gasteiger partial charge in [0.05, 0.1) is 11.3 Å². The number of halogens is 1. The Bertz CT molecular complexity index is 1070. The molecule has 8 nitrogen and oxygen atoms in total. The van der Waals surface area contributed by atoms with E-state index in [0.29, 0.717) is 26.2 Å². The fourth-order valence-corrected chi connectivity index (χ4v) is 5.92. The van der Waals surface area contributed by atoms with Gasteiger partial charge in [0.1, 0.15) is 6.04 Å². The zero-order valence-electron chi connectivity index (χ0n) is 17.5. The van der Waals surface area contributed by atoms with Crippen molar-refractivity contribution >= 4 is 43.5 Å². The first-order valence-electron chi connectivity index (χ1n) is 10.5. The Labute approximate surface area is 196 Å². The van der Waals surface area contributed by atoms with Gasteiger partial charge in [-0.3, -0.25) is 9.59 Å². The third-order valence-electron chi connectivity index (χ3n) is 5.82. The number of nitrogens with one attached hydrogen (secondary N) is 1. The lowest BCUT2D eigenvalue weighted by Crippen LogP contribution is -2.59. The van der Waals surface area contributed by atoms with E-state index in [2.05, 4.69) is 26.1 Å². The fourth-order valence-electron chi connectivity index (χ4n) is 4.07. The van der Waals surface area contributed by atoms with Crippen molar-refractivity contribution < 1.29 is 18.0 Å². The van der Waals surface area contributed by atoms with Gasteiger partial charge in [-0.1, -0.05) is 34.1 Å². The number of hydrogen-bond donors (Lipinski definition) is 1. The van der Waals surface area contributed by atoms with Crippen molar-refractivity contribution in [3.05, 3.63) is 59.1 Å². The lowest BCUT2D eigenvalue weighted by atomic mass is 10.1. The summed E-state index contributed by atoms with van der Waals surface area (Å²) in [6.07, 6.45) is -0.174. The van der Waals surface area contributed by atoms with E-state index in [1.54, 1.807) is 17.0 Å². The SMILES string of the molecule is O=C1NCCN(S(=O)(=O)c2ccc(Br)cc2)[C@@H]1CC(=O)N1CCN(c2ccccc2)CC1. The van der Waals surface area contributed by atoms with Crippen molar-refractivity contribution in [3.8, 4) is 0 Å². The van der Waals surface area contributed by atoms with Gasteiger partial charge >= 0.3 is 0 Å². The highest BCUT2D eigenvalue weighted by molar-refractivity contribution is 9.10. The zero-order chi connectivity index (χ0) is 22.7. The quantitative estimate of drug-likeness (QED) is 0.647. The number of sulfonamides is 1. The molecule has 10 heteroatoms. The first-order valence-corrected chi connectivity index (χ1v) is 12.7. The Morgan fingerprint density at radius 3 is 2.28 bits per heavy atom. The van der Waals surface area contributed by atoms with E-state index < -0.39 is 22.0 Å². The van der Waals surface area contributed by atoms with Crippen LogP contribution in [0.2, 0.25) is 0 Å². The van der Waals surface area contributed by atoms with Crippen molar-refractivity contribution in [1.82, 2.24) is 14.5 Å². The second-order valence-electron chi connectivity index (χ2n) is 7.78. The van der Waals surface area contributed by atoms with Gasteiger partial charge in [0, 0.05) is 49.4 Å². The van der Waals surface area contributed by atoms with Crippen LogP contribution in [0.3, 0.4) is 0 Å². The molecule has 0 aromatic heterocycles. The molecule has 0 unspecified atom stereocenters. The Kier molecular flexibility index (Phi) is 6.82. The lowest BCUT2D eigenvalue weighted by Gasteiger charge is -2.38. The van der Waals surface area contributed by atoms with E-state index in [1.807, 2.05) is 30.3 Å². The molecule has 2 aliphatic heterocycles. The summed E-state index contributed by atoms with van der Waals surface area (Å²) in [5, 5.41) is 2.70. The number of para-hydroxylation sites is 1. The van der Waals surface area contributed by atoms with Gasteiger partial charge < -0.3 is 15.1 Å². The first kappa shape index (κ1) is 22.8. The molecule has 2 aromatic rings. The van der Waals surface area contributed by atoms with Crippen LogP contribution in [0, 0.1) is 0 Å². The van der Waals surface area contributed by atoms with Crippen LogP contribution in [0.25, 0.3) is 0 Å². The Morgan fingerprint density at radius 2 is 1.62 bits per heavy atom. The van der Waals surface area contributed by atoms with E-state index in [9.17, 15) is 18.0 Å². The summed E-state index contributed by atoms with van der Waals surface area (Å²) in [5.74, 6) is -0.649. The molecule has 2 aliphatic rings. The maximum atomic E-state index is 13.2. The zero-order valence-corrected chi connectivity index (χ0v) is 19.9. The summed E-state index contributed by atoms with van der Waals surface area (Å²) in [6, 6.07) is 15.2. The summed E-state index contributed by atoms with van der Waals surface area (Å²) >= 11 is 3.30. The average molecular weight is 521 g/mol. The molecule has 0 bridgehead atoms. The molecular formula is C22H25BrN4O4S. The van der Waals surface area contributed by atoms with Gasteiger partial charge in [0.15, 0.2) is 0 Å². The van der Waals surface area contributed by atoms with E-state index >= 15 is 0 Å². The molecule has 2 heterocycles. The molecule has 32 heavy (non-hydrogen) atoms. The molecule has 0 spiro atoms. The van der Waals surface area contributed by atoms with Crippen LogP contribution in [0.15, 0.2) is 64.0 Å². The molecule has 0 radical (unpaired) electrons. The molecule has 1 atom stereocenters. The van der Waals surface area contributed by atoms with Gasteiger partial charge in [-0.15, -0.1) is 0 Å². The number of nitrogens with zero attached hydrogens (tertiary/aromatic N) is 3. The van der Waals surface area contributed by atoms with Crippen LogP contribution in [0.1, 0.15) is 6.42 Å². The first-order chi connectivity index (χ1) is 15.4. The van der Waals surface area contributed by atoms with Crippen molar-refractivity contribution in [3.63, 3.8) is 0 Å². The largest absolute Gasteiger partial charge is 0.368 e. The summed E-state index contributed by atoms with van der Waals surface area (Å²) in [4.78, 5) is 29.6. The highest BCUT2D eigenvalue weighted by Crippen LogP contribution is 2.24. The Morgan fingerprint density at radius 1 is 0.969 bits per heavy atom. The average Bonchev–Trinajstić information content (AvgIpc) is 2.81. The third-order valence-corrected chi connectivity index (χ3v) is 8.27. The predicted molar refractivity (Wildman–Crippen MR) is 125 cm³/mol. The molecule has 2 fully saturated rings. The van der Waals surface area contributed by atoms with E-state index in [4.69, 9.17) is 0 Å². The van der Waals surface area contributed by atoms with Crippen molar-refractivity contribution in [2.75, 3.05) is 44.2 Å². The number of amides is 2. The second kappa shape index (κ2) is 9.60. The highest BCUT2D eigenvalue weighted by Gasteiger charge is 2.40. The van der Waals surface area contributed by atoms with Gasteiger partial charge in [0.2, 0.25) is 21.8 Å². The number of piperazine rings is 2. The highest BCUT2D eigenvalue weighted by atomic mass is 79.9. The maximum Gasteiger partial charge on any atom is 0.243 e. The van der Waals surface area contributed by atoms with Crippen LogP contribution in [0.5, 0.6) is 0 Å². The normalized spacial score (nSPS) is 20.2. The summed E-state index contributed by atoms with van der Waals surface area (Å²) < 4.78 is 28.3. The standard InChI is InChI=1S/C22H25BrN4O4S/c23-17-6-8-19(9-7-17)32(30,31)27-11-10-24-22(29)20(27)16-21(28)26-14-12-25(13-15-26)18-4-2-1-3-5-18/h1-9,20H,10-16H2,(H,24,29)/t20-/m1/s1. The van der Waals surface area contributed by atoms with Crippen LogP contribution >= 0.6 is 15.9 Å². The molecule has 1 N–H and O–H groups in total. The Hall–Kier alpha value is -2.43. The van der Waals surface area contributed by atoms with Gasteiger partial charge in [-0.25, -0.2) is 8.42 Å². The number of carbonyl (C=O) groups excluding carboxylic acids is 2. The minimum Gasteiger partial charge on any atom is -0.368 e. The van der Waals surface area contributed by atoms with Crippen LogP contribution in [0.4, 0.5) is 5.69 Å². The lowest BCUT2D eigenvalue weighted by molar-refractivity contribution is -0.137. The second-order valence-corrected chi connectivity index (χ2v) is 10.6. The Balaban J connectivity index is 1.45. The van der Waals surface area contributed by atoms with Crippen LogP contribution in [-0.4, -0.2) is 74.7 Å². The predicted octanol–water partition coefficient (Wildman–Crippen LogP) is 1.68. The monoisotopic (exact) mass is 520 g/mol. The molecule has 0 aliphatic carbocycles. The maximum absolute atomic E-state index is 13.2. The molecule has 0 saturated carbocycles. The smallest absolute Gasteiger partial charge is 0.243 e. The van der Waals surface area contributed by atoms with Gasteiger partial charge in [-0.2, -0.15) is 4.31 Å². The number of rotatable bonds is 5. The van der Waals surface area contributed by atoms with E-state index in [0.717, 1.165) is 14.5 Å². The van der Waals surface area contributed by atoms with Crippen molar-refractivity contribution in [2.45, 2.75) is 17.4 Å². The minimum atomic E-state index is -3.91. The summed E-state index contributed by atoms with van der Waals surface area (Å²) in [7, 11) is -3.91. The third kappa shape index (κ3) is 4.82. The van der Waals surface area contributed by atoms with Gasteiger partial charge in [-0.05, 0) is 36.4 Å². The molecule has 2 saturated heterocycles. The number of benzene rings is 2. The number of anilines is 1. The van der Waals surface area contributed by atoms with E-state index in [1.165, 1.54) is 12.1 Å². The van der Waals surface area contributed by atoms with Crippen LogP contribution in [-0.2, 0) is 19.6 Å². The van der Waals surface area contributed by atoms with Crippen LogP contribution < -0.4 is 10.2 Å². The molecule has 4 rings (SSSR count). The molecule has 2 aromatic carbocycles. The number of carbonyl (C=O) groups is 2.